The molecule has 0 aliphatic heterocycles. The molecular formula is C31H32FN5O4. The molecule has 0 unspecified atom stereocenters. The van der Waals surface area contributed by atoms with Crippen molar-refractivity contribution < 1.29 is 24.5 Å². The maximum absolute atomic E-state index is 14.0. The Morgan fingerprint density at radius 3 is 2.51 bits per heavy atom. The second-order valence-corrected chi connectivity index (χ2v) is 10.7. The molecule has 0 amide bonds. The highest BCUT2D eigenvalue weighted by atomic mass is 19.1. The smallest absolute Gasteiger partial charge is 0.305 e. The van der Waals surface area contributed by atoms with E-state index in [1.165, 1.54) is 17.7 Å². The number of aromatic amines is 1. The van der Waals surface area contributed by atoms with Gasteiger partial charge < -0.3 is 15.3 Å². The number of carboxylic acid groups (broad SMARTS) is 1. The molecule has 0 radical (unpaired) electrons. The van der Waals surface area contributed by atoms with Crippen molar-refractivity contribution in [1.82, 2.24) is 25.6 Å². The fourth-order valence-corrected chi connectivity index (χ4v) is 5.41. The van der Waals surface area contributed by atoms with Gasteiger partial charge >= 0.3 is 5.97 Å². The first-order valence-electron chi connectivity index (χ1n) is 13.6. The molecule has 0 fully saturated rings. The van der Waals surface area contributed by atoms with Gasteiger partial charge in [-0.15, -0.1) is 10.2 Å². The molecule has 0 saturated heterocycles. The average molecular weight is 558 g/mol. The number of pyridine rings is 1. The predicted molar refractivity (Wildman–Crippen MR) is 151 cm³/mol. The number of aryl methyl sites for hydroxylation is 2. The van der Waals surface area contributed by atoms with Crippen LogP contribution in [0.2, 0.25) is 0 Å². The summed E-state index contributed by atoms with van der Waals surface area (Å²) in [6.07, 6.45) is 2.66. The molecule has 2 aromatic carbocycles. The summed E-state index contributed by atoms with van der Waals surface area (Å²) in [4.78, 5) is 16.1. The number of carboxylic acids is 1. The van der Waals surface area contributed by atoms with Crippen molar-refractivity contribution in [1.29, 1.82) is 0 Å². The number of rotatable bonds is 9. The van der Waals surface area contributed by atoms with E-state index in [-0.39, 0.29) is 18.2 Å². The van der Waals surface area contributed by atoms with Crippen molar-refractivity contribution in [3.05, 3.63) is 88.0 Å². The van der Waals surface area contributed by atoms with Gasteiger partial charge in [0.05, 0.1) is 24.3 Å². The Kier molecular flexibility index (Phi) is 8.32. The van der Waals surface area contributed by atoms with Crippen LogP contribution in [0.1, 0.15) is 66.2 Å². The van der Waals surface area contributed by atoms with Crippen LogP contribution >= 0.6 is 0 Å². The lowest BCUT2D eigenvalue weighted by Crippen LogP contribution is -2.19. The number of aliphatic hydroxyl groups is 2. The van der Waals surface area contributed by atoms with Gasteiger partial charge in [-0.05, 0) is 70.0 Å². The number of carbonyl (C=O) groups is 1. The van der Waals surface area contributed by atoms with Crippen molar-refractivity contribution in [3.63, 3.8) is 0 Å². The molecule has 4 N–H and O–H groups in total. The van der Waals surface area contributed by atoms with Gasteiger partial charge in [-0.3, -0.25) is 9.78 Å². The summed E-state index contributed by atoms with van der Waals surface area (Å²) in [5, 5.41) is 44.0. The summed E-state index contributed by atoms with van der Waals surface area (Å²) in [5.41, 5.74) is 8.53. The van der Waals surface area contributed by atoms with Gasteiger partial charge in [0.2, 0.25) is 5.82 Å². The topological polar surface area (TPSA) is 145 Å². The molecule has 0 bridgehead atoms. The summed E-state index contributed by atoms with van der Waals surface area (Å²) < 4.78 is 14.0. The summed E-state index contributed by atoms with van der Waals surface area (Å²) in [5.74, 6) is -0.920. The summed E-state index contributed by atoms with van der Waals surface area (Å²) in [6.45, 7) is 4.10. The van der Waals surface area contributed by atoms with E-state index in [4.69, 9.17) is 10.1 Å². The van der Waals surface area contributed by atoms with Crippen LogP contribution in [0.15, 0.2) is 48.5 Å². The Labute approximate surface area is 236 Å². The number of benzene rings is 2. The second-order valence-electron chi connectivity index (χ2n) is 10.7. The first kappa shape index (κ1) is 28.3. The molecule has 4 aromatic rings. The van der Waals surface area contributed by atoms with Crippen LogP contribution in [0.3, 0.4) is 0 Å². The fourth-order valence-electron chi connectivity index (χ4n) is 5.41. The van der Waals surface area contributed by atoms with Crippen molar-refractivity contribution in [2.75, 3.05) is 0 Å². The molecule has 9 nitrogen and oxygen atoms in total. The van der Waals surface area contributed by atoms with Crippen molar-refractivity contribution in [2.45, 2.75) is 64.1 Å². The van der Waals surface area contributed by atoms with E-state index in [9.17, 15) is 19.4 Å². The van der Waals surface area contributed by atoms with E-state index in [1.807, 2.05) is 6.07 Å². The zero-order chi connectivity index (χ0) is 29.1. The highest BCUT2D eigenvalue weighted by Gasteiger charge is 2.25. The van der Waals surface area contributed by atoms with Gasteiger partial charge in [0.15, 0.2) is 0 Å². The minimum Gasteiger partial charge on any atom is -0.481 e. The van der Waals surface area contributed by atoms with Gasteiger partial charge in [-0.2, -0.15) is 5.21 Å². The highest BCUT2D eigenvalue weighted by Crippen LogP contribution is 2.39. The molecule has 2 atom stereocenters. The van der Waals surface area contributed by atoms with E-state index < -0.39 is 24.6 Å². The zero-order valence-corrected chi connectivity index (χ0v) is 22.9. The van der Waals surface area contributed by atoms with E-state index in [2.05, 4.69) is 46.6 Å². The SMILES string of the molecule is CC(C)c1nc2c(c(-c3ccc(F)cc3)c1/C=C/[C@@H](O)C[C@@H](O)CC(=O)O)Cc1cc(-c3nn[nH]n3)ccc1CC2. The lowest BCUT2D eigenvalue weighted by Gasteiger charge is -2.22. The number of aliphatic carboxylic acids is 1. The number of hydrogen-bond acceptors (Lipinski definition) is 7. The van der Waals surface area contributed by atoms with Crippen molar-refractivity contribution in [2.24, 2.45) is 0 Å². The molecule has 5 rings (SSSR count). The van der Waals surface area contributed by atoms with Crippen LogP contribution in [-0.4, -0.2) is 59.1 Å². The third kappa shape index (κ3) is 6.39. The third-order valence-corrected chi connectivity index (χ3v) is 7.35. The van der Waals surface area contributed by atoms with E-state index in [1.54, 1.807) is 24.3 Å². The first-order valence-corrected chi connectivity index (χ1v) is 13.6. The Morgan fingerprint density at radius 1 is 1.07 bits per heavy atom. The summed E-state index contributed by atoms with van der Waals surface area (Å²) >= 11 is 0. The van der Waals surface area contributed by atoms with Crippen LogP contribution in [0.5, 0.6) is 0 Å². The molecule has 41 heavy (non-hydrogen) atoms. The summed E-state index contributed by atoms with van der Waals surface area (Å²) in [7, 11) is 0. The molecule has 2 aromatic heterocycles. The minimum atomic E-state index is -1.18. The fraction of sp³-hybridized carbons (Fsp3) is 0.323. The number of halogens is 1. The third-order valence-electron chi connectivity index (χ3n) is 7.35. The van der Waals surface area contributed by atoms with Crippen LogP contribution in [0, 0.1) is 5.82 Å². The Balaban J connectivity index is 1.64. The van der Waals surface area contributed by atoms with Crippen LogP contribution in [0.25, 0.3) is 28.6 Å². The molecule has 1 aliphatic carbocycles. The number of fused-ring (bicyclic) bond motifs is 2. The molecular weight excluding hydrogens is 525 g/mol. The maximum Gasteiger partial charge on any atom is 0.305 e. The molecule has 2 heterocycles. The normalized spacial score (nSPS) is 14.5. The number of tetrazole rings is 1. The van der Waals surface area contributed by atoms with Gasteiger partial charge in [0.1, 0.15) is 5.82 Å². The molecule has 212 valence electrons. The Morgan fingerprint density at radius 2 is 1.83 bits per heavy atom. The first-order chi connectivity index (χ1) is 19.7. The van der Waals surface area contributed by atoms with E-state index >= 15 is 0 Å². The van der Waals surface area contributed by atoms with Gasteiger partial charge in [-0.25, -0.2) is 4.39 Å². The summed E-state index contributed by atoms with van der Waals surface area (Å²) in [6, 6.07) is 12.5. The lowest BCUT2D eigenvalue weighted by atomic mass is 9.86. The van der Waals surface area contributed by atoms with Gasteiger partial charge in [-0.1, -0.05) is 50.3 Å². The van der Waals surface area contributed by atoms with E-state index in [0.717, 1.165) is 57.6 Å². The van der Waals surface area contributed by atoms with E-state index in [0.29, 0.717) is 12.2 Å². The number of aliphatic hydroxyl groups excluding tert-OH is 2. The maximum atomic E-state index is 14.0. The number of hydrogen-bond donors (Lipinski definition) is 4. The monoisotopic (exact) mass is 557 g/mol. The van der Waals surface area contributed by atoms with Crippen LogP contribution in [0.4, 0.5) is 4.39 Å². The highest BCUT2D eigenvalue weighted by molar-refractivity contribution is 5.81. The molecule has 0 saturated carbocycles. The number of nitrogens with zero attached hydrogens (tertiary/aromatic N) is 4. The minimum absolute atomic E-state index is 0.0457. The van der Waals surface area contributed by atoms with Crippen LogP contribution in [-0.2, 0) is 24.1 Å². The predicted octanol–water partition coefficient (Wildman–Crippen LogP) is 4.48. The zero-order valence-electron chi connectivity index (χ0n) is 22.9. The van der Waals surface area contributed by atoms with Gasteiger partial charge in [0, 0.05) is 29.7 Å². The number of H-pyrrole nitrogens is 1. The Bertz CT molecular complexity index is 1570. The lowest BCUT2D eigenvalue weighted by molar-refractivity contribution is -0.139. The standard InChI is InChI=1S/C31H32FN5O4/c1-17(2)30-25(11-10-23(38)15-24(39)16-28(40)41)29(19-5-8-22(32)9-6-19)26-14-21-13-20(31-34-36-37-35-31)4-3-18(21)7-12-27(26)33-30/h3-6,8-11,13,17,23-24,38-39H,7,12,14-16H2,1-2H3,(H,40,41)(H,34,35,36,37)/b11-10+/t23-,24-/m1/s1. The number of aromatic nitrogens is 5. The van der Waals surface area contributed by atoms with Gasteiger partial charge in [0.25, 0.3) is 0 Å². The molecule has 1 aliphatic rings. The largest absolute Gasteiger partial charge is 0.481 e. The van der Waals surface area contributed by atoms with Crippen molar-refractivity contribution >= 4 is 12.0 Å². The molecule has 0 spiro atoms. The quantitative estimate of drug-likeness (QED) is 0.236. The molecule has 10 heteroatoms. The van der Waals surface area contributed by atoms with Crippen molar-refractivity contribution in [3.8, 4) is 22.5 Å². The number of nitrogens with one attached hydrogen (secondary N) is 1. The second kappa shape index (κ2) is 12.1. The Hall–Kier alpha value is -4.28. The van der Waals surface area contributed by atoms with Crippen LogP contribution < -0.4 is 0 Å². The average Bonchev–Trinajstić information content (AvgIpc) is 3.40.